The van der Waals surface area contributed by atoms with Crippen LogP contribution in [0.4, 0.5) is 5.69 Å². The first-order valence-corrected chi connectivity index (χ1v) is 6.44. The van der Waals surface area contributed by atoms with Gasteiger partial charge in [-0.05, 0) is 44.0 Å². The highest BCUT2D eigenvalue weighted by molar-refractivity contribution is 6.26. The monoisotopic (exact) mass is 259 g/mol. The van der Waals surface area contributed by atoms with Crippen molar-refractivity contribution in [3.8, 4) is 11.1 Å². The predicted molar refractivity (Wildman–Crippen MR) is 80.0 cm³/mol. The average Bonchev–Trinajstić information content (AvgIpc) is 2.38. The molecule has 94 valence electrons. The van der Waals surface area contributed by atoms with Crippen LogP contribution in [-0.4, -0.2) is 5.54 Å². The van der Waals surface area contributed by atoms with Gasteiger partial charge in [0.25, 0.3) is 0 Å². The molecule has 2 aromatic rings. The van der Waals surface area contributed by atoms with Gasteiger partial charge in [0.1, 0.15) is 0 Å². The molecule has 0 saturated heterocycles. The summed E-state index contributed by atoms with van der Waals surface area (Å²) in [6.07, 6.45) is 0. The van der Waals surface area contributed by atoms with Gasteiger partial charge in [-0.25, -0.2) is 0 Å². The SMILES string of the molecule is CC(C)(C)N(Cl)c1ccc(-c2ccccc2)cc1. The minimum absolute atomic E-state index is 0.0875. The third-order valence-corrected chi connectivity index (χ3v) is 3.49. The normalized spacial score (nSPS) is 11.3. The molecule has 0 aliphatic rings. The Bertz CT molecular complexity index is 497. The highest BCUT2D eigenvalue weighted by Gasteiger charge is 2.19. The summed E-state index contributed by atoms with van der Waals surface area (Å²) in [6.45, 7) is 6.27. The van der Waals surface area contributed by atoms with Crippen LogP contribution in [0.15, 0.2) is 54.6 Å². The van der Waals surface area contributed by atoms with Crippen LogP contribution in [0.5, 0.6) is 0 Å². The molecule has 0 saturated carbocycles. The van der Waals surface area contributed by atoms with Gasteiger partial charge in [0.05, 0.1) is 5.69 Å². The maximum Gasteiger partial charge on any atom is 0.0529 e. The number of benzene rings is 2. The zero-order chi connectivity index (χ0) is 13.2. The molecule has 0 bridgehead atoms. The third-order valence-electron chi connectivity index (χ3n) is 2.79. The lowest BCUT2D eigenvalue weighted by atomic mass is 10.0. The molecule has 0 unspecified atom stereocenters. The summed E-state index contributed by atoms with van der Waals surface area (Å²) in [4.78, 5) is 0. The zero-order valence-electron chi connectivity index (χ0n) is 11.0. The summed E-state index contributed by atoms with van der Waals surface area (Å²) in [5.41, 5.74) is 3.36. The first-order valence-electron chi connectivity index (χ1n) is 6.10. The Hall–Kier alpha value is -1.47. The maximum atomic E-state index is 6.31. The van der Waals surface area contributed by atoms with Gasteiger partial charge in [-0.1, -0.05) is 42.5 Å². The fourth-order valence-corrected chi connectivity index (χ4v) is 1.92. The lowest BCUT2D eigenvalue weighted by molar-refractivity contribution is 0.584. The van der Waals surface area contributed by atoms with E-state index in [0.717, 1.165) is 5.69 Å². The molecule has 2 rings (SSSR count). The molecule has 0 aliphatic heterocycles. The Labute approximate surface area is 114 Å². The van der Waals surface area contributed by atoms with Crippen molar-refractivity contribution in [1.82, 2.24) is 0 Å². The topological polar surface area (TPSA) is 3.24 Å². The number of rotatable bonds is 2. The van der Waals surface area contributed by atoms with E-state index < -0.39 is 0 Å². The molecule has 0 aliphatic carbocycles. The van der Waals surface area contributed by atoms with Crippen LogP contribution in [0.1, 0.15) is 20.8 Å². The van der Waals surface area contributed by atoms with Crippen molar-refractivity contribution in [2.45, 2.75) is 26.3 Å². The molecule has 0 N–H and O–H groups in total. The van der Waals surface area contributed by atoms with Gasteiger partial charge in [-0.15, -0.1) is 0 Å². The molecule has 2 aromatic carbocycles. The van der Waals surface area contributed by atoms with Gasteiger partial charge in [0.15, 0.2) is 0 Å². The molecule has 1 nitrogen and oxygen atoms in total. The lowest BCUT2D eigenvalue weighted by Crippen LogP contribution is -2.33. The predicted octanol–water partition coefficient (Wildman–Crippen LogP) is 5.11. The van der Waals surface area contributed by atoms with Gasteiger partial charge >= 0.3 is 0 Å². The molecule has 0 heterocycles. The fraction of sp³-hybridized carbons (Fsp3) is 0.250. The third kappa shape index (κ3) is 2.85. The number of nitrogens with zero attached hydrogens (tertiary/aromatic N) is 1. The van der Waals surface area contributed by atoms with Gasteiger partial charge < -0.3 is 0 Å². The molecule has 0 amide bonds. The standard InChI is InChI=1S/C16H18ClN/c1-16(2,3)18(17)15-11-9-14(10-12-15)13-7-5-4-6-8-13/h4-12H,1-3H3. The van der Waals surface area contributed by atoms with E-state index in [9.17, 15) is 0 Å². The van der Waals surface area contributed by atoms with Crippen LogP contribution in [0.3, 0.4) is 0 Å². The van der Waals surface area contributed by atoms with Crippen molar-refractivity contribution in [1.29, 1.82) is 0 Å². The molecule has 2 heteroatoms. The first kappa shape index (κ1) is 13.0. The van der Waals surface area contributed by atoms with Crippen LogP contribution in [0, 0.1) is 0 Å². The Kier molecular flexibility index (Phi) is 3.63. The van der Waals surface area contributed by atoms with E-state index in [0.29, 0.717) is 0 Å². The molecule has 0 aromatic heterocycles. The van der Waals surface area contributed by atoms with E-state index in [1.54, 1.807) is 4.42 Å². The second-order valence-corrected chi connectivity index (χ2v) is 5.70. The van der Waals surface area contributed by atoms with Crippen LogP contribution < -0.4 is 4.42 Å². The average molecular weight is 260 g/mol. The summed E-state index contributed by atoms with van der Waals surface area (Å²) >= 11 is 6.31. The van der Waals surface area contributed by atoms with Gasteiger partial charge in [0.2, 0.25) is 0 Å². The Morgan fingerprint density at radius 1 is 0.778 bits per heavy atom. The molecule has 18 heavy (non-hydrogen) atoms. The molecular formula is C16H18ClN. The zero-order valence-corrected chi connectivity index (χ0v) is 11.8. The minimum Gasteiger partial charge on any atom is -0.280 e. The number of anilines is 1. The van der Waals surface area contributed by atoms with E-state index in [-0.39, 0.29) is 5.54 Å². The van der Waals surface area contributed by atoms with E-state index in [1.807, 2.05) is 18.2 Å². The van der Waals surface area contributed by atoms with Crippen molar-refractivity contribution in [3.63, 3.8) is 0 Å². The summed E-state index contributed by atoms with van der Waals surface area (Å²) in [7, 11) is 0. The Morgan fingerprint density at radius 3 is 1.78 bits per heavy atom. The number of hydrogen-bond donors (Lipinski definition) is 0. The van der Waals surface area contributed by atoms with Crippen LogP contribution >= 0.6 is 11.8 Å². The van der Waals surface area contributed by atoms with Crippen molar-refractivity contribution >= 4 is 17.5 Å². The lowest BCUT2D eigenvalue weighted by Gasteiger charge is -2.30. The second kappa shape index (κ2) is 5.03. The number of halogens is 1. The van der Waals surface area contributed by atoms with E-state index >= 15 is 0 Å². The largest absolute Gasteiger partial charge is 0.280 e. The molecule has 0 fully saturated rings. The maximum absolute atomic E-state index is 6.31. The second-order valence-electron chi connectivity index (χ2n) is 5.36. The van der Waals surface area contributed by atoms with Gasteiger partial charge in [-0.2, -0.15) is 0 Å². The van der Waals surface area contributed by atoms with Crippen molar-refractivity contribution < 1.29 is 0 Å². The molecule has 0 spiro atoms. The van der Waals surface area contributed by atoms with Crippen LogP contribution in [-0.2, 0) is 0 Å². The summed E-state index contributed by atoms with van der Waals surface area (Å²) in [5, 5.41) is 0. The van der Waals surface area contributed by atoms with Crippen molar-refractivity contribution in [2.75, 3.05) is 4.42 Å². The minimum atomic E-state index is -0.0875. The molecular weight excluding hydrogens is 242 g/mol. The number of hydrogen-bond acceptors (Lipinski definition) is 1. The summed E-state index contributed by atoms with van der Waals surface area (Å²) in [6, 6.07) is 18.7. The van der Waals surface area contributed by atoms with Crippen molar-refractivity contribution in [3.05, 3.63) is 54.6 Å². The highest BCUT2D eigenvalue weighted by Crippen LogP contribution is 2.28. The van der Waals surface area contributed by atoms with Crippen molar-refractivity contribution in [2.24, 2.45) is 0 Å². The van der Waals surface area contributed by atoms with E-state index in [2.05, 4.69) is 57.2 Å². The fourth-order valence-electron chi connectivity index (χ4n) is 1.80. The highest BCUT2D eigenvalue weighted by atomic mass is 35.5. The van der Waals surface area contributed by atoms with Crippen LogP contribution in [0.2, 0.25) is 0 Å². The summed E-state index contributed by atoms with van der Waals surface area (Å²) in [5.74, 6) is 0. The van der Waals surface area contributed by atoms with E-state index in [1.165, 1.54) is 11.1 Å². The smallest absolute Gasteiger partial charge is 0.0529 e. The van der Waals surface area contributed by atoms with Gasteiger partial charge in [-0.3, -0.25) is 4.42 Å². The summed E-state index contributed by atoms with van der Waals surface area (Å²) < 4.78 is 1.77. The first-order chi connectivity index (χ1) is 8.48. The quantitative estimate of drug-likeness (QED) is 0.677. The Balaban J connectivity index is 2.26. The van der Waals surface area contributed by atoms with Gasteiger partial charge in [0, 0.05) is 17.3 Å². The molecule has 0 radical (unpaired) electrons. The van der Waals surface area contributed by atoms with E-state index in [4.69, 9.17) is 11.8 Å². The van der Waals surface area contributed by atoms with Crippen LogP contribution in [0.25, 0.3) is 11.1 Å². The Morgan fingerprint density at radius 2 is 1.28 bits per heavy atom. The molecule has 0 atom stereocenters.